The van der Waals surface area contributed by atoms with Gasteiger partial charge in [0.25, 0.3) is 0 Å². The van der Waals surface area contributed by atoms with Gasteiger partial charge < -0.3 is 14.2 Å². The van der Waals surface area contributed by atoms with Crippen molar-refractivity contribution in [3.8, 4) is 0 Å². The van der Waals surface area contributed by atoms with Crippen LogP contribution in [0.5, 0.6) is 0 Å². The average molecular weight is 1030 g/mol. The van der Waals surface area contributed by atoms with Crippen molar-refractivity contribution in [2.45, 2.75) is 232 Å². The number of unbranched alkanes of at least 4 members (excludes halogenated alkanes) is 12. The predicted octanol–water partition coefficient (Wildman–Crippen LogP) is 20.3. The highest BCUT2D eigenvalue weighted by atomic mass is 16.6. The molecule has 0 radical (unpaired) electrons. The zero-order valence-corrected chi connectivity index (χ0v) is 47.7. The summed E-state index contributed by atoms with van der Waals surface area (Å²) in [5, 5.41) is 0. The van der Waals surface area contributed by atoms with Gasteiger partial charge in [0.1, 0.15) is 13.2 Å². The molecule has 0 spiro atoms. The summed E-state index contributed by atoms with van der Waals surface area (Å²) in [7, 11) is 0. The minimum atomic E-state index is -0.830. The van der Waals surface area contributed by atoms with E-state index >= 15 is 0 Å². The Bertz CT molecular complexity index is 1750. The average Bonchev–Trinajstić information content (AvgIpc) is 3.41. The molecule has 418 valence electrons. The molecule has 0 saturated heterocycles. The highest BCUT2D eigenvalue weighted by Gasteiger charge is 2.19. The summed E-state index contributed by atoms with van der Waals surface area (Å²) < 4.78 is 16.8. The molecule has 0 rings (SSSR count). The number of allylic oxidation sites excluding steroid dienone is 28. The van der Waals surface area contributed by atoms with Crippen LogP contribution in [0.15, 0.2) is 170 Å². The third-order valence-electron chi connectivity index (χ3n) is 11.7. The molecular formula is C69H106O6. The van der Waals surface area contributed by atoms with E-state index in [-0.39, 0.29) is 44.0 Å². The van der Waals surface area contributed by atoms with E-state index in [2.05, 4.69) is 191 Å². The maximum absolute atomic E-state index is 12.8. The van der Waals surface area contributed by atoms with Crippen LogP contribution >= 0.6 is 0 Å². The van der Waals surface area contributed by atoms with E-state index in [1.54, 1.807) is 0 Å². The summed E-state index contributed by atoms with van der Waals surface area (Å²) in [6, 6.07) is 0. The van der Waals surface area contributed by atoms with Crippen molar-refractivity contribution in [3.05, 3.63) is 170 Å². The Morgan fingerprint density at radius 3 is 0.773 bits per heavy atom. The number of hydrogen-bond donors (Lipinski definition) is 0. The van der Waals surface area contributed by atoms with Gasteiger partial charge in [0.05, 0.1) is 0 Å². The lowest BCUT2D eigenvalue weighted by molar-refractivity contribution is -0.167. The van der Waals surface area contributed by atoms with Crippen molar-refractivity contribution in [1.29, 1.82) is 0 Å². The summed E-state index contributed by atoms with van der Waals surface area (Å²) in [6.07, 6.45) is 90.7. The quantitative estimate of drug-likeness (QED) is 0.0261. The molecule has 0 amide bonds. The zero-order chi connectivity index (χ0) is 54.3. The standard InChI is InChI=1S/C69H106O6/c1-4-7-10-13-16-19-22-25-28-29-30-31-32-33-34-35-36-37-38-39-42-44-47-50-53-56-59-62-68(71)74-65-66(75-69(72)63-60-57-54-51-48-45-41-27-24-21-18-15-12-9-6-3)64-73-67(70)61-58-55-52-49-46-43-40-26-23-20-17-14-11-8-5-2/h7-12,16-21,25-28,30-31,33-34,36-37,40-41,46,48-49,51,66H,4-6,13-15,22-24,29,32,35,38-39,42-45,47,50,52-65H2,1-3H3/b10-7-,11-8-,12-9-,19-16-,20-17-,21-18-,28-25-,31-30-,34-33-,37-36-,40-26-,41-27-,49-46-,51-48-. The Kier molecular flexibility index (Phi) is 57.0. The van der Waals surface area contributed by atoms with Gasteiger partial charge in [-0.25, -0.2) is 0 Å². The molecule has 0 aromatic heterocycles. The molecule has 0 aromatic carbocycles. The van der Waals surface area contributed by atoms with Gasteiger partial charge in [-0.05, 0) is 148 Å². The fraction of sp³-hybridized carbons (Fsp3) is 0.551. The first-order valence-corrected chi connectivity index (χ1v) is 29.6. The molecule has 6 heteroatoms. The van der Waals surface area contributed by atoms with E-state index in [1.807, 2.05) is 0 Å². The van der Waals surface area contributed by atoms with Crippen LogP contribution in [0.3, 0.4) is 0 Å². The maximum atomic E-state index is 12.8. The number of hydrogen-bond acceptors (Lipinski definition) is 6. The molecule has 75 heavy (non-hydrogen) atoms. The normalized spacial score (nSPS) is 13.4. The van der Waals surface area contributed by atoms with Crippen molar-refractivity contribution in [2.75, 3.05) is 13.2 Å². The second-order valence-electron chi connectivity index (χ2n) is 18.8. The lowest BCUT2D eigenvalue weighted by Crippen LogP contribution is -2.30. The third kappa shape index (κ3) is 59.5. The molecule has 1 unspecified atom stereocenters. The first kappa shape index (κ1) is 69.8. The minimum Gasteiger partial charge on any atom is -0.462 e. The highest BCUT2D eigenvalue weighted by Crippen LogP contribution is 2.13. The predicted molar refractivity (Wildman–Crippen MR) is 325 cm³/mol. The van der Waals surface area contributed by atoms with Crippen LogP contribution in [-0.2, 0) is 28.6 Å². The lowest BCUT2D eigenvalue weighted by atomic mass is 10.1. The summed E-state index contributed by atoms with van der Waals surface area (Å²) in [4.78, 5) is 38.2. The van der Waals surface area contributed by atoms with Crippen LogP contribution in [-0.4, -0.2) is 37.2 Å². The van der Waals surface area contributed by atoms with E-state index in [1.165, 1.54) is 32.1 Å². The van der Waals surface area contributed by atoms with Crippen molar-refractivity contribution >= 4 is 17.9 Å². The molecule has 0 bridgehead atoms. The second-order valence-corrected chi connectivity index (χ2v) is 18.8. The Morgan fingerprint density at radius 2 is 0.480 bits per heavy atom. The summed E-state index contributed by atoms with van der Waals surface area (Å²) in [5.41, 5.74) is 0. The SMILES string of the molecule is CC/C=C\C/C=C\C/C=C\C/C=C\C/C=C\C/C=C\CCCCCCCCCCC(=O)OCC(COC(=O)CCCC/C=C\C/C=C\C/C=C\C/C=C\CC)OC(=O)CCCC/C=C\C/C=C\C/C=C\C/C=C\CC. The molecule has 6 nitrogen and oxygen atoms in total. The second kappa shape index (κ2) is 61.3. The molecule has 0 saturated carbocycles. The maximum Gasteiger partial charge on any atom is 0.306 e. The van der Waals surface area contributed by atoms with E-state index < -0.39 is 6.10 Å². The van der Waals surface area contributed by atoms with Crippen molar-refractivity contribution in [2.24, 2.45) is 0 Å². The van der Waals surface area contributed by atoms with Gasteiger partial charge in [-0.1, -0.05) is 229 Å². The first-order valence-electron chi connectivity index (χ1n) is 29.6. The molecule has 0 aliphatic heterocycles. The van der Waals surface area contributed by atoms with Gasteiger partial charge >= 0.3 is 17.9 Å². The van der Waals surface area contributed by atoms with Gasteiger partial charge in [0, 0.05) is 19.3 Å². The molecule has 1 atom stereocenters. The van der Waals surface area contributed by atoms with Crippen LogP contribution in [0.1, 0.15) is 226 Å². The molecule has 0 aliphatic carbocycles. The van der Waals surface area contributed by atoms with Gasteiger partial charge in [-0.2, -0.15) is 0 Å². The molecule has 0 aliphatic rings. The lowest BCUT2D eigenvalue weighted by Gasteiger charge is -2.18. The van der Waals surface area contributed by atoms with Crippen LogP contribution in [0.2, 0.25) is 0 Å². The van der Waals surface area contributed by atoms with Crippen molar-refractivity contribution in [3.63, 3.8) is 0 Å². The first-order chi connectivity index (χ1) is 37.0. The number of rotatable bonds is 51. The van der Waals surface area contributed by atoms with Crippen molar-refractivity contribution in [1.82, 2.24) is 0 Å². The van der Waals surface area contributed by atoms with Gasteiger partial charge in [0.15, 0.2) is 6.10 Å². The van der Waals surface area contributed by atoms with Gasteiger partial charge in [0.2, 0.25) is 0 Å². The van der Waals surface area contributed by atoms with Crippen molar-refractivity contribution < 1.29 is 28.6 Å². The summed E-state index contributed by atoms with van der Waals surface area (Å²) >= 11 is 0. The summed E-state index contributed by atoms with van der Waals surface area (Å²) in [6.45, 7) is 6.20. The van der Waals surface area contributed by atoms with Crippen LogP contribution in [0, 0.1) is 0 Å². The number of carbonyl (C=O) groups excluding carboxylic acids is 3. The third-order valence-corrected chi connectivity index (χ3v) is 11.7. The van der Waals surface area contributed by atoms with E-state index in [0.29, 0.717) is 19.3 Å². The Labute approximate surface area is 460 Å². The zero-order valence-electron chi connectivity index (χ0n) is 47.7. The number of esters is 3. The highest BCUT2D eigenvalue weighted by molar-refractivity contribution is 5.71. The topological polar surface area (TPSA) is 78.9 Å². The fourth-order valence-electron chi connectivity index (χ4n) is 7.37. The fourth-order valence-corrected chi connectivity index (χ4v) is 7.37. The largest absolute Gasteiger partial charge is 0.462 e. The van der Waals surface area contributed by atoms with Crippen LogP contribution in [0.4, 0.5) is 0 Å². The van der Waals surface area contributed by atoms with Gasteiger partial charge in [-0.3, -0.25) is 14.4 Å². The number of ether oxygens (including phenoxy) is 3. The smallest absolute Gasteiger partial charge is 0.306 e. The van der Waals surface area contributed by atoms with Gasteiger partial charge in [-0.15, -0.1) is 0 Å². The molecule has 0 N–H and O–H groups in total. The van der Waals surface area contributed by atoms with E-state index in [0.717, 1.165) is 141 Å². The molecule has 0 aromatic rings. The number of carbonyl (C=O) groups is 3. The van der Waals surface area contributed by atoms with Crippen LogP contribution in [0.25, 0.3) is 0 Å². The molecule has 0 heterocycles. The Balaban J connectivity index is 4.46. The van der Waals surface area contributed by atoms with E-state index in [9.17, 15) is 14.4 Å². The molecule has 0 fully saturated rings. The van der Waals surface area contributed by atoms with E-state index in [4.69, 9.17) is 14.2 Å². The Morgan fingerprint density at radius 1 is 0.267 bits per heavy atom. The summed E-state index contributed by atoms with van der Waals surface area (Å²) in [5.74, 6) is -1.02. The Hall–Kier alpha value is -5.23. The monoisotopic (exact) mass is 1030 g/mol. The molecular weight excluding hydrogens is 925 g/mol. The minimum absolute atomic E-state index is 0.121. The van der Waals surface area contributed by atoms with Crippen LogP contribution < -0.4 is 0 Å².